The fourth-order valence-electron chi connectivity index (χ4n) is 1.37. The number of thiophene rings is 1. The average molecular weight is 275 g/mol. The zero-order chi connectivity index (χ0) is 13.1. The molecule has 0 bridgehead atoms. The molecule has 1 aromatic heterocycles. The molecule has 0 aromatic carbocycles. The maximum atomic E-state index is 12.0. The van der Waals surface area contributed by atoms with Crippen molar-refractivity contribution in [2.75, 3.05) is 18.6 Å². The first-order valence-electron chi connectivity index (χ1n) is 5.38. The summed E-state index contributed by atoms with van der Waals surface area (Å²) in [6.07, 6.45) is 0. The first-order chi connectivity index (χ1) is 7.87. The predicted molar refractivity (Wildman–Crippen MR) is 70.2 cm³/mol. The lowest BCUT2D eigenvalue weighted by molar-refractivity contribution is 0.0761. The molecule has 1 heterocycles. The highest BCUT2D eigenvalue weighted by Gasteiger charge is 2.22. The molecule has 0 N–H and O–H groups in total. The van der Waals surface area contributed by atoms with E-state index in [4.69, 9.17) is 0 Å². The van der Waals surface area contributed by atoms with E-state index in [1.165, 1.54) is 16.2 Å². The number of hydrogen-bond acceptors (Lipinski definition) is 4. The third-order valence-electron chi connectivity index (χ3n) is 2.65. The zero-order valence-electron chi connectivity index (χ0n) is 10.2. The standard InChI is InChI=1S/C11H17NO3S2/c1-4-17(14,15)8-9(2)12(3)11(13)10-6-5-7-16-10/h5-7,9H,4,8H2,1-3H3/t9-/m0/s1. The average Bonchev–Trinajstić information content (AvgIpc) is 2.80. The maximum absolute atomic E-state index is 12.0. The molecule has 0 aliphatic rings. The summed E-state index contributed by atoms with van der Waals surface area (Å²) in [5.74, 6) is -0.00558. The van der Waals surface area contributed by atoms with Crippen LogP contribution in [0.15, 0.2) is 17.5 Å². The Balaban J connectivity index is 2.71. The van der Waals surface area contributed by atoms with Crippen LogP contribution in [0.2, 0.25) is 0 Å². The summed E-state index contributed by atoms with van der Waals surface area (Å²) in [6, 6.07) is 3.23. The van der Waals surface area contributed by atoms with Crippen LogP contribution in [0.1, 0.15) is 23.5 Å². The number of carbonyl (C=O) groups is 1. The van der Waals surface area contributed by atoms with Crippen LogP contribution in [0.3, 0.4) is 0 Å². The van der Waals surface area contributed by atoms with E-state index in [0.29, 0.717) is 4.88 Å². The molecule has 4 nitrogen and oxygen atoms in total. The van der Waals surface area contributed by atoms with E-state index in [-0.39, 0.29) is 23.5 Å². The molecule has 1 aromatic rings. The molecule has 1 rings (SSSR count). The fraction of sp³-hybridized carbons (Fsp3) is 0.545. The van der Waals surface area contributed by atoms with E-state index >= 15 is 0 Å². The van der Waals surface area contributed by atoms with Crippen LogP contribution in [0.5, 0.6) is 0 Å². The summed E-state index contributed by atoms with van der Waals surface area (Å²) in [7, 11) is -1.42. The van der Waals surface area contributed by atoms with Crippen LogP contribution in [0.25, 0.3) is 0 Å². The molecule has 0 radical (unpaired) electrons. The van der Waals surface area contributed by atoms with Crippen molar-refractivity contribution >= 4 is 27.1 Å². The number of hydrogen-bond donors (Lipinski definition) is 0. The van der Waals surface area contributed by atoms with Gasteiger partial charge in [0.1, 0.15) is 0 Å². The van der Waals surface area contributed by atoms with Gasteiger partial charge in [-0.3, -0.25) is 4.79 Å². The molecular weight excluding hydrogens is 258 g/mol. The molecule has 0 spiro atoms. The molecule has 0 unspecified atom stereocenters. The predicted octanol–water partition coefficient (Wildman–Crippen LogP) is 1.64. The number of nitrogens with zero attached hydrogens (tertiary/aromatic N) is 1. The van der Waals surface area contributed by atoms with Gasteiger partial charge in [0.05, 0.1) is 10.6 Å². The van der Waals surface area contributed by atoms with Crippen molar-refractivity contribution in [1.29, 1.82) is 0 Å². The quantitative estimate of drug-likeness (QED) is 0.821. The first-order valence-corrected chi connectivity index (χ1v) is 8.08. The van der Waals surface area contributed by atoms with Crippen LogP contribution in [0.4, 0.5) is 0 Å². The molecule has 0 fully saturated rings. The Morgan fingerprint density at radius 1 is 1.53 bits per heavy atom. The van der Waals surface area contributed by atoms with Crippen LogP contribution in [-0.2, 0) is 9.84 Å². The molecule has 1 atom stereocenters. The lowest BCUT2D eigenvalue weighted by Gasteiger charge is -2.24. The molecule has 0 aliphatic carbocycles. The van der Waals surface area contributed by atoms with E-state index in [9.17, 15) is 13.2 Å². The third kappa shape index (κ3) is 3.81. The van der Waals surface area contributed by atoms with Crippen LogP contribution >= 0.6 is 11.3 Å². The summed E-state index contributed by atoms with van der Waals surface area (Å²) in [4.78, 5) is 14.1. The largest absolute Gasteiger partial charge is 0.337 e. The Labute approximate surface area is 106 Å². The highest BCUT2D eigenvalue weighted by Crippen LogP contribution is 2.13. The van der Waals surface area contributed by atoms with Crippen molar-refractivity contribution < 1.29 is 13.2 Å². The Kier molecular flexibility index (Phi) is 4.70. The molecule has 96 valence electrons. The number of sulfone groups is 1. The highest BCUT2D eigenvalue weighted by atomic mass is 32.2. The SMILES string of the molecule is CCS(=O)(=O)C[C@H](C)N(C)C(=O)c1cccs1. The minimum atomic E-state index is -3.06. The van der Waals surface area contributed by atoms with Crippen LogP contribution in [-0.4, -0.2) is 43.8 Å². The zero-order valence-corrected chi connectivity index (χ0v) is 11.8. The fourth-order valence-corrected chi connectivity index (χ4v) is 3.27. The summed E-state index contributed by atoms with van der Waals surface area (Å²) in [5.41, 5.74) is 0. The van der Waals surface area contributed by atoms with Crippen molar-refractivity contribution in [3.05, 3.63) is 22.4 Å². The van der Waals surface area contributed by atoms with Crippen molar-refractivity contribution in [3.8, 4) is 0 Å². The molecule has 0 saturated carbocycles. The normalized spacial score (nSPS) is 13.4. The topological polar surface area (TPSA) is 54.5 Å². The molecule has 17 heavy (non-hydrogen) atoms. The van der Waals surface area contributed by atoms with E-state index in [2.05, 4.69) is 0 Å². The van der Waals surface area contributed by atoms with Crippen molar-refractivity contribution in [3.63, 3.8) is 0 Å². The smallest absolute Gasteiger partial charge is 0.263 e. The van der Waals surface area contributed by atoms with Crippen molar-refractivity contribution in [2.24, 2.45) is 0 Å². The Hall–Kier alpha value is -0.880. The molecule has 0 saturated heterocycles. The highest BCUT2D eigenvalue weighted by molar-refractivity contribution is 7.91. The van der Waals surface area contributed by atoms with E-state index in [0.717, 1.165) is 0 Å². The Morgan fingerprint density at radius 3 is 2.65 bits per heavy atom. The van der Waals surface area contributed by atoms with Gasteiger partial charge in [-0.1, -0.05) is 13.0 Å². The van der Waals surface area contributed by atoms with Gasteiger partial charge in [0.25, 0.3) is 5.91 Å². The third-order valence-corrected chi connectivity index (χ3v) is 5.38. The van der Waals surface area contributed by atoms with Crippen molar-refractivity contribution in [1.82, 2.24) is 4.90 Å². The lowest BCUT2D eigenvalue weighted by Crippen LogP contribution is -2.39. The molecule has 6 heteroatoms. The van der Waals surface area contributed by atoms with Gasteiger partial charge in [0, 0.05) is 18.8 Å². The summed E-state index contributed by atoms with van der Waals surface area (Å²) < 4.78 is 23.0. The maximum Gasteiger partial charge on any atom is 0.263 e. The van der Waals surface area contributed by atoms with Gasteiger partial charge in [-0.2, -0.15) is 0 Å². The summed E-state index contributed by atoms with van der Waals surface area (Å²) in [5, 5.41) is 1.83. The van der Waals surface area contributed by atoms with Gasteiger partial charge in [-0.15, -0.1) is 11.3 Å². The minimum absolute atomic E-state index is 0.0110. The van der Waals surface area contributed by atoms with E-state index < -0.39 is 9.84 Å². The van der Waals surface area contributed by atoms with E-state index in [1.807, 2.05) is 5.38 Å². The molecule has 0 aliphatic heterocycles. The van der Waals surface area contributed by atoms with Gasteiger partial charge < -0.3 is 4.90 Å². The van der Waals surface area contributed by atoms with Gasteiger partial charge in [-0.05, 0) is 18.4 Å². The summed E-state index contributed by atoms with van der Waals surface area (Å²) in [6.45, 7) is 3.36. The number of carbonyl (C=O) groups excluding carboxylic acids is 1. The molecular formula is C11H17NO3S2. The van der Waals surface area contributed by atoms with Crippen LogP contribution < -0.4 is 0 Å². The van der Waals surface area contributed by atoms with E-state index in [1.54, 1.807) is 33.0 Å². The van der Waals surface area contributed by atoms with Gasteiger partial charge in [0.2, 0.25) is 0 Å². The lowest BCUT2D eigenvalue weighted by atomic mass is 10.3. The number of amides is 1. The van der Waals surface area contributed by atoms with Crippen LogP contribution in [0, 0.1) is 0 Å². The molecule has 1 amide bonds. The van der Waals surface area contributed by atoms with Crippen molar-refractivity contribution in [2.45, 2.75) is 19.9 Å². The minimum Gasteiger partial charge on any atom is -0.337 e. The van der Waals surface area contributed by atoms with Gasteiger partial charge in [0.15, 0.2) is 9.84 Å². The second-order valence-electron chi connectivity index (χ2n) is 3.94. The number of rotatable bonds is 5. The summed E-state index contributed by atoms with van der Waals surface area (Å²) >= 11 is 1.36. The Bertz CT molecular complexity index is 465. The second kappa shape index (κ2) is 5.64. The first kappa shape index (κ1) is 14.2. The second-order valence-corrected chi connectivity index (χ2v) is 7.29. The van der Waals surface area contributed by atoms with Gasteiger partial charge in [-0.25, -0.2) is 8.42 Å². The Morgan fingerprint density at radius 2 is 2.18 bits per heavy atom. The monoisotopic (exact) mass is 275 g/mol. The van der Waals surface area contributed by atoms with Gasteiger partial charge >= 0.3 is 0 Å².